The zero-order valence-electron chi connectivity index (χ0n) is 16.8. The molecule has 2 aromatic carbocycles. The summed E-state index contributed by atoms with van der Waals surface area (Å²) in [6.07, 6.45) is 4.85. The lowest BCUT2D eigenvalue weighted by Crippen LogP contribution is -2.14. The fourth-order valence-electron chi connectivity index (χ4n) is 3.89. The highest BCUT2D eigenvalue weighted by Gasteiger charge is 2.15. The molecule has 0 bridgehead atoms. The summed E-state index contributed by atoms with van der Waals surface area (Å²) >= 11 is 0. The van der Waals surface area contributed by atoms with Gasteiger partial charge in [0.05, 0.1) is 6.61 Å². The smallest absolute Gasteiger partial charge is 0.125 e. The average Bonchev–Trinajstić information content (AvgIpc) is 2.67. The average molecular weight is 352 g/mol. The van der Waals surface area contributed by atoms with E-state index in [0.717, 1.165) is 25.3 Å². The number of rotatable bonds is 2. The predicted octanol–water partition coefficient (Wildman–Crippen LogP) is 6.30. The molecule has 0 unspecified atom stereocenters. The Morgan fingerprint density at radius 3 is 2.19 bits per heavy atom. The predicted molar refractivity (Wildman–Crippen MR) is 112 cm³/mol. The molecule has 2 nitrogen and oxygen atoms in total. The first-order chi connectivity index (χ1) is 12.6. The molecule has 140 valence electrons. The minimum atomic E-state index is 0.563. The van der Waals surface area contributed by atoms with Crippen molar-refractivity contribution in [2.75, 3.05) is 18.5 Å². The molecule has 0 saturated carbocycles. The lowest BCUT2D eigenvalue weighted by Gasteiger charge is -2.22. The van der Waals surface area contributed by atoms with Gasteiger partial charge in [-0.2, -0.15) is 0 Å². The first-order valence-corrected chi connectivity index (χ1v) is 10.2. The second-order valence-corrected chi connectivity index (χ2v) is 8.01. The second-order valence-electron chi connectivity index (χ2n) is 8.01. The van der Waals surface area contributed by atoms with Gasteiger partial charge in [0, 0.05) is 12.2 Å². The highest BCUT2D eigenvalue weighted by Crippen LogP contribution is 2.33. The summed E-state index contributed by atoms with van der Waals surface area (Å²) in [5.74, 6) is 2.34. The maximum atomic E-state index is 5.72. The number of para-hydroxylation sites is 2. The standard InChI is InChI=1S/C12H17N.C12H16O/c2*1-9(2)11-7-3-5-10-6-4-8-13-12(10)11/h3,5,7,9,13H,4,6,8H2,1-2H3;3,5,7,9H,4,6,8H2,1-2H3. The van der Waals surface area contributed by atoms with Crippen LogP contribution in [0.1, 0.15) is 74.6 Å². The molecular weight excluding hydrogens is 318 g/mol. The van der Waals surface area contributed by atoms with Crippen LogP contribution in [0.3, 0.4) is 0 Å². The summed E-state index contributed by atoms with van der Waals surface area (Å²) in [6.45, 7) is 11.0. The van der Waals surface area contributed by atoms with Crippen LogP contribution in [0.4, 0.5) is 5.69 Å². The van der Waals surface area contributed by atoms with Crippen molar-refractivity contribution >= 4 is 5.69 Å². The molecule has 0 saturated heterocycles. The van der Waals surface area contributed by atoms with Gasteiger partial charge in [-0.15, -0.1) is 0 Å². The molecule has 0 aliphatic carbocycles. The molecule has 1 N–H and O–H groups in total. The quantitative estimate of drug-likeness (QED) is 0.685. The molecule has 26 heavy (non-hydrogen) atoms. The molecule has 4 rings (SSSR count). The van der Waals surface area contributed by atoms with Gasteiger partial charge in [-0.05, 0) is 59.8 Å². The van der Waals surface area contributed by atoms with Crippen LogP contribution in [0.25, 0.3) is 0 Å². The number of aryl methyl sites for hydroxylation is 2. The Morgan fingerprint density at radius 2 is 1.46 bits per heavy atom. The molecule has 2 aromatic rings. The Balaban J connectivity index is 0.000000151. The van der Waals surface area contributed by atoms with E-state index in [-0.39, 0.29) is 0 Å². The molecule has 2 heteroatoms. The van der Waals surface area contributed by atoms with E-state index >= 15 is 0 Å². The minimum absolute atomic E-state index is 0.563. The normalized spacial score (nSPS) is 15.3. The van der Waals surface area contributed by atoms with Crippen molar-refractivity contribution in [2.24, 2.45) is 0 Å². The van der Waals surface area contributed by atoms with Crippen molar-refractivity contribution in [1.29, 1.82) is 0 Å². The van der Waals surface area contributed by atoms with E-state index in [0.29, 0.717) is 11.8 Å². The van der Waals surface area contributed by atoms with E-state index in [4.69, 9.17) is 4.74 Å². The number of hydrogen-bond donors (Lipinski definition) is 1. The van der Waals surface area contributed by atoms with Crippen LogP contribution in [0.2, 0.25) is 0 Å². The highest BCUT2D eigenvalue weighted by molar-refractivity contribution is 5.60. The summed E-state index contributed by atoms with van der Waals surface area (Å²) in [6, 6.07) is 13.2. The Labute approximate surface area is 159 Å². The van der Waals surface area contributed by atoms with E-state index in [1.54, 1.807) is 0 Å². The van der Waals surface area contributed by atoms with E-state index in [1.165, 1.54) is 47.2 Å². The van der Waals surface area contributed by atoms with E-state index in [2.05, 4.69) is 69.4 Å². The van der Waals surface area contributed by atoms with Gasteiger partial charge in [-0.3, -0.25) is 0 Å². The molecule has 0 amide bonds. The van der Waals surface area contributed by atoms with E-state index < -0.39 is 0 Å². The third-order valence-corrected chi connectivity index (χ3v) is 5.32. The highest BCUT2D eigenvalue weighted by atomic mass is 16.5. The molecule has 2 aliphatic heterocycles. The van der Waals surface area contributed by atoms with Gasteiger partial charge in [0.2, 0.25) is 0 Å². The van der Waals surface area contributed by atoms with Crippen molar-refractivity contribution in [1.82, 2.24) is 0 Å². The Kier molecular flexibility index (Phi) is 6.24. The maximum absolute atomic E-state index is 5.72. The number of nitrogens with one attached hydrogen (secondary N) is 1. The second kappa shape index (κ2) is 8.62. The van der Waals surface area contributed by atoms with Gasteiger partial charge >= 0.3 is 0 Å². The van der Waals surface area contributed by atoms with Crippen LogP contribution in [0.15, 0.2) is 36.4 Å². The summed E-state index contributed by atoms with van der Waals surface area (Å²) in [5.41, 5.74) is 7.12. The molecule has 2 aliphatic rings. The van der Waals surface area contributed by atoms with Gasteiger partial charge in [0.25, 0.3) is 0 Å². The van der Waals surface area contributed by atoms with Crippen LogP contribution < -0.4 is 10.1 Å². The fraction of sp³-hybridized carbons (Fsp3) is 0.500. The summed E-state index contributed by atoms with van der Waals surface area (Å²) < 4.78 is 5.72. The van der Waals surface area contributed by atoms with Gasteiger partial charge in [0.1, 0.15) is 5.75 Å². The third kappa shape index (κ3) is 4.23. The monoisotopic (exact) mass is 351 g/mol. The Hall–Kier alpha value is -1.96. The number of hydrogen-bond acceptors (Lipinski definition) is 2. The number of anilines is 1. The first-order valence-electron chi connectivity index (χ1n) is 10.2. The molecular formula is C24H33NO. The van der Waals surface area contributed by atoms with Crippen LogP contribution in [-0.4, -0.2) is 13.2 Å². The van der Waals surface area contributed by atoms with Crippen LogP contribution in [-0.2, 0) is 12.8 Å². The molecule has 0 atom stereocenters. The van der Waals surface area contributed by atoms with Crippen LogP contribution in [0, 0.1) is 0 Å². The first kappa shape index (κ1) is 18.8. The Bertz CT molecular complexity index is 669. The molecule has 2 heterocycles. The van der Waals surface area contributed by atoms with Crippen molar-refractivity contribution < 1.29 is 4.74 Å². The molecule has 0 aromatic heterocycles. The van der Waals surface area contributed by atoms with Crippen LogP contribution in [0.5, 0.6) is 5.75 Å². The van der Waals surface area contributed by atoms with Gasteiger partial charge in [-0.25, -0.2) is 0 Å². The van der Waals surface area contributed by atoms with Crippen molar-refractivity contribution in [3.8, 4) is 5.75 Å². The van der Waals surface area contributed by atoms with Crippen LogP contribution >= 0.6 is 0 Å². The van der Waals surface area contributed by atoms with Gasteiger partial charge < -0.3 is 10.1 Å². The van der Waals surface area contributed by atoms with Gasteiger partial charge in [-0.1, -0.05) is 64.1 Å². The number of benzene rings is 2. The molecule has 0 radical (unpaired) electrons. The summed E-state index contributed by atoms with van der Waals surface area (Å²) in [5, 5.41) is 3.51. The van der Waals surface area contributed by atoms with E-state index in [9.17, 15) is 0 Å². The topological polar surface area (TPSA) is 21.3 Å². The SMILES string of the molecule is CC(C)c1cccc2c1NCCC2.CC(C)c1cccc2c1OCCC2. The van der Waals surface area contributed by atoms with Crippen molar-refractivity contribution in [2.45, 2.75) is 65.2 Å². The molecule has 0 spiro atoms. The van der Waals surface area contributed by atoms with E-state index in [1.807, 2.05) is 0 Å². The van der Waals surface area contributed by atoms with Gasteiger partial charge in [0.15, 0.2) is 0 Å². The lowest BCUT2D eigenvalue weighted by molar-refractivity contribution is 0.284. The minimum Gasteiger partial charge on any atom is -0.493 e. The zero-order chi connectivity index (χ0) is 18.5. The van der Waals surface area contributed by atoms with Crippen molar-refractivity contribution in [3.05, 3.63) is 58.7 Å². The summed E-state index contributed by atoms with van der Waals surface area (Å²) in [4.78, 5) is 0. The Morgan fingerprint density at radius 1 is 0.808 bits per heavy atom. The maximum Gasteiger partial charge on any atom is 0.125 e. The third-order valence-electron chi connectivity index (χ3n) is 5.32. The lowest BCUT2D eigenvalue weighted by atomic mass is 9.94. The molecule has 0 fully saturated rings. The van der Waals surface area contributed by atoms with Crippen molar-refractivity contribution in [3.63, 3.8) is 0 Å². The largest absolute Gasteiger partial charge is 0.493 e. The fourth-order valence-corrected chi connectivity index (χ4v) is 3.89. The summed E-state index contributed by atoms with van der Waals surface area (Å²) in [7, 11) is 0. The number of ether oxygens (including phenoxy) is 1. The number of fused-ring (bicyclic) bond motifs is 2. The zero-order valence-corrected chi connectivity index (χ0v) is 16.8.